The third-order valence-corrected chi connectivity index (χ3v) is 1.75. The van der Waals surface area contributed by atoms with Crippen molar-refractivity contribution in [2.24, 2.45) is 0 Å². The van der Waals surface area contributed by atoms with Crippen LogP contribution in [0.5, 0.6) is 5.75 Å². The first kappa shape index (κ1) is 12.0. The second-order valence-electron chi connectivity index (χ2n) is 2.81. The zero-order valence-corrected chi connectivity index (χ0v) is 8.38. The quantitative estimate of drug-likeness (QED) is 0.584. The van der Waals surface area contributed by atoms with Crippen molar-refractivity contribution in [1.29, 1.82) is 0 Å². The first-order valence-corrected chi connectivity index (χ1v) is 4.29. The van der Waals surface area contributed by atoms with E-state index in [2.05, 4.69) is 16.6 Å². The Bertz CT molecular complexity index is 472. The van der Waals surface area contributed by atoms with Gasteiger partial charge >= 0.3 is 5.97 Å². The molecule has 0 atom stereocenters. The highest BCUT2D eigenvalue weighted by Gasteiger charge is 2.10. The van der Waals surface area contributed by atoms with Crippen molar-refractivity contribution in [1.82, 2.24) is 0 Å². The van der Waals surface area contributed by atoms with E-state index in [0.717, 1.165) is 12.1 Å². The highest BCUT2D eigenvalue weighted by molar-refractivity contribution is 5.72. The van der Waals surface area contributed by atoms with E-state index in [1.165, 1.54) is 7.11 Å². The number of carbonyl (C=O) groups is 1. The van der Waals surface area contributed by atoms with Gasteiger partial charge in [0.05, 0.1) is 12.7 Å². The van der Waals surface area contributed by atoms with Crippen LogP contribution < -0.4 is 0 Å². The molecule has 0 heterocycles. The van der Waals surface area contributed by atoms with Gasteiger partial charge in [-0.2, -0.15) is 4.39 Å². The molecule has 0 aliphatic carbocycles. The van der Waals surface area contributed by atoms with E-state index in [1.807, 2.05) is 0 Å². The molecular weight excluding hydrogens is 218 g/mol. The van der Waals surface area contributed by atoms with E-state index in [0.29, 0.717) is 0 Å². The monoisotopic (exact) mass is 226 g/mol. The lowest BCUT2D eigenvalue weighted by molar-refractivity contribution is -0.139. The van der Waals surface area contributed by atoms with Crippen LogP contribution in [-0.2, 0) is 9.53 Å². The van der Waals surface area contributed by atoms with E-state index in [-0.39, 0.29) is 12.0 Å². The van der Waals surface area contributed by atoms with Crippen molar-refractivity contribution in [2.45, 2.75) is 6.42 Å². The van der Waals surface area contributed by atoms with Gasteiger partial charge in [0.25, 0.3) is 0 Å². The Hall–Kier alpha value is -2.09. The zero-order valence-electron chi connectivity index (χ0n) is 8.38. The Morgan fingerprint density at radius 3 is 2.75 bits per heavy atom. The van der Waals surface area contributed by atoms with Crippen molar-refractivity contribution < 1.29 is 23.4 Å². The molecule has 3 nitrogen and oxygen atoms in total. The molecule has 0 bridgehead atoms. The van der Waals surface area contributed by atoms with E-state index in [9.17, 15) is 13.6 Å². The summed E-state index contributed by atoms with van der Waals surface area (Å²) in [7, 11) is 1.20. The molecule has 0 spiro atoms. The standard InChI is InChI=1S/C11H8F2O3/c1-16-9(15)4-2-3-7-5-6-8(14)11(13)10(7)12/h5-6,14H,4H2,1H3. The predicted molar refractivity (Wildman–Crippen MR) is 51.5 cm³/mol. The normalized spacial score (nSPS) is 9.19. The van der Waals surface area contributed by atoms with Gasteiger partial charge < -0.3 is 9.84 Å². The molecule has 0 unspecified atom stereocenters. The van der Waals surface area contributed by atoms with Gasteiger partial charge in [-0.3, -0.25) is 4.79 Å². The molecule has 16 heavy (non-hydrogen) atoms. The number of halogens is 2. The number of hydrogen-bond donors (Lipinski definition) is 1. The molecule has 1 aromatic carbocycles. The topological polar surface area (TPSA) is 46.5 Å². The van der Waals surface area contributed by atoms with Gasteiger partial charge in [0.1, 0.15) is 6.42 Å². The van der Waals surface area contributed by atoms with Crippen LogP contribution in [0.3, 0.4) is 0 Å². The smallest absolute Gasteiger partial charge is 0.317 e. The number of methoxy groups -OCH3 is 1. The number of phenolic OH excluding ortho intramolecular Hbond substituents is 1. The number of carbonyl (C=O) groups excluding carboxylic acids is 1. The fourth-order valence-corrected chi connectivity index (χ4v) is 0.920. The number of aromatic hydroxyl groups is 1. The average Bonchev–Trinajstić information content (AvgIpc) is 2.29. The molecule has 84 valence electrons. The van der Waals surface area contributed by atoms with Crippen LogP contribution in [0.2, 0.25) is 0 Å². The van der Waals surface area contributed by atoms with Crippen LogP contribution in [0.15, 0.2) is 12.1 Å². The van der Waals surface area contributed by atoms with Crippen LogP contribution in [0.4, 0.5) is 8.78 Å². The first-order chi connectivity index (χ1) is 7.56. The van der Waals surface area contributed by atoms with Crippen LogP contribution in [0.25, 0.3) is 0 Å². The summed E-state index contributed by atoms with van der Waals surface area (Å²) in [4.78, 5) is 10.7. The minimum Gasteiger partial charge on any atom is -0.505 e. The van der Waals surface area contributed by atoms with Crippen LogP contribution in [-0.4, -0.2) is 18.2 Å². The van der Waals surface area contributed by atoms with E-state index in [1.54, 1.807) is 0 Å². The summed E-state index contributed by atoms with van der Waals surface area (Å²) >= 11 is 0. The van der Waals surface area contributed by atoms with Crippen LogP contribution in [0, 0.1) is 23.5 Å². The second-order valence-corrected chi connectivity index (χ2v) is 2.81. The maximum Gasteiger partial charge on any atom is 0.317 e. The maximum absolute atomic E-state index is 13.1. The Morgan fingerprint density at radius 2 is 2.12 bits per heavy atom. The van der Waals surface area contributed by atoms with Crippen molar-refractivity contribution in [3.8, 4) is 17.6 Å². The average molecular weight is 226 g/mol. The van der Waals surface area contributed by atoms with Crippen molar-refractivity contribution in [3.05, 3.63) is 29.3 Å². The van der Waals surface area contributed by atoms with E-state index < -0.39 is 23.4 Å². The lowest BCUT2D eigenvalue weighted by Crippen LogP contribution is -1.97. The number of esters is 1. The molecule has 0 radical (unpaired) electrons. The second kappa shape index (κ2) is 5.12. The van der Waals surface area contributed by atoms with Gasteiger partial charge in [0.2, 0.25) is 5.82 Å². The zero-order chi connectivity index (χ0) is 12.1. The molecule has 0 aromatic heterocycles. The molecule has 1 rings (SSSR count). The third-order valence-electron chi connectivity index (χ3n) is 1.75. The summed E-state index contributed by atoms with van der Waals surface area (Å²) in [6, 6.07) is 2.11. The van der Waals surface area contributed by atoms with E-state index in [4.69, 9.17) is 5.11 Å². The molecule has 0 amide bonds. The van der Waals surface area contributed by atoms with Gasteiger partial charge in [-0.15, -0.1) is 0 Å². The first-order valence-electron chi connectivity index (χ1n) is 4.29. The van der Waals surface area contributed by atoms with Crippen molar-refractivity contribution in [3.63, 3.8) is 0 Å². The highest BCUT2D eigenvalue weighted by Crippen LogP contribution is 2.20. The third kappa shape index (κ3) is 2.70. The number of benzene rings is 1. The van der Waals surface area contributed by atoms with Gasteiger partial charge in [-0.05, 0) is 12.1 Å². The molecule has 1 N–H and O–H groups in total. The van der Waals surface area contributed by atoms with Gasteiger partial charge in [0.15, 0.2) is 11.6 Å². The minimum atomic E-state index is -1.36. The molecule has 0 aliphatic rings. The van der Waals surface area contributed by atoms with E-state index >= 15 is 0 Å². The Morgan fingerprint density at radius 1 is 1.44 bits per heavy atom. The molecule has 0 saturated heterocycles. The van der Waals surface area contributed by atoms with Gasteiger partial charge in [-0.1, -0.05) is 11.8 Å². The Labute approximate surface area is 90.7 Å². The molecule has 0 aliphatic heterocycles. The Balaban J connectivity index is 2.90. The number of ether oxygens (including phenoxy) is 1. The largest absolute Gasteiger partial charge is 0.505 e. The lowest BCUT2D eigenvalue weighted by Gasteiger charge is -1.98. The van der Waals surface area contributed by atoms with Gasteiger partial charge in [0, 0.05) is 0 Å². The number of rotatable bonds is 1. The Kier molecular flexibility index (Phi) is 3.84. The minimum absolute atomic E-state index is 0.210. The van der Waals surface area contributed by atoms with Crippen molar-refractivity contribution >= 4 is 5.97 Å². The SMILES string of the molecule is COC(=O)CC#Cc1ccc(O)c(F)c1F. The molecule has 1 aromatic rings. The van der Waals surface area contributed by atoms with Crippen molar-refractivity contribution in [2.75, 3.05) is 7.11 Å². The van der Waals surface area contributed by atoms with Gasteiger partial charge in [-0.25, -0.2) is 4.39 Å². The van der Waals surface area contributed by atoms with Crippen LogP contribution in [0.1, 0.15) is 12.0 Å². The fraction of sp³-hybridized carbons (Fsp3) is 0.182. The number of phenols is 1. The summed E-state index contributed by atoms with van der Waals surface area (Å²) in [5.74, 6) is 0.657. The van der Waals surface area contributed by atoms with Crippen LogP contribution >= 0.6 is 0 Å². The molecule has 0 saturated carbocycles. The lowest BCUT2D eigenvalue weighted by atomic mass is 10.2. The number of hydrogen-bond acceptors (Lipinski definition) is 3. The summed E-state index contributed by atoms with van der Waals surface area (Å²) in [6.45, 7) is 0. The summed E-state index contributed by atoms with van der Waals surface area (Å²) in [5, 5.41) is 8.84. The maximum atomic E-state index is 13.1. The molecular formula is C11H8F2O3. The fourth-order valence-electron chi connectivity index (χ4n) is 0.920. The summed E-state index contributed by atoms with van der Waals surface area (Å²) < 4.78 is 30.3. The summed E-state index contributed by atoms with van der Waals surface area (Å²) in [5.41, 5.74) is -0.223. The highest BCUT2D eigenvalue weighted by atomic mass is 19.2. The summed E-state index contributed by atoms with van der Waals surface area (Å²) in [6.07, 6.45) is -0.210. The molecule has 0 fully saturated rings. The predicted octanol–water partition coefficient (Wildman–Crippen LogP) is 1.58. The molecule has 5 heteroatoms.